The largest absolute Gasteiger partial charge is 0.460 e. The lowest BCUT2D eigenvalue weighted by Crippen LogP contribution is -2.30. The standard InChI is InChI=1S/C20H23N3O6S2/c1-3-23(4-2)31(27,28)16-11-9-15(10-12-16)20(24)29-14-13-21-19-17-7-5-6-8-18(17)30(25,26)22-19/h5-12H,3-4,13-14H2,1-2H3,(H,21,22). The summed E-state index contributed by atoms with van der Waals surface area (Å²) in [4.78, 5) is 16.6. The van der Waals surface area contributed by atoms with Crippen LogP contribution in [0.4, 0.5) is 0 Å². The fourth-order valence-electron chi connectivity index (χ4n) is 3.11. The number of nitrogens with zero attached hydrogens (tertiary/aromatic N) is 2. The van der Waals surface area contributed by atoms with Crippen LogP contribution in [0.15, 0.2) is 63.3 Å². The molecule has 166 valence electrons. The van der Waals surface area contributed by atoms with Gasteiger partial charge in [-0.05, 0) is 36.4 Å². The van der Waals surface area contributed by atoms with Crippen LogP contribution in [0.5, 0.6) is 0 Å². The van der Waals surface area contributed by atoms with Crippen LogP contribution in [-0.2, 0) is 24.8 Å². The molecule has 0 aliphatic carbocycles. The van der Waals surface area contributed by atoms with Gasteiger partial charge in [-0.25, -0.2) is 21.6 Å². The lowest BCUT2D eigenvalue weighted by molar-refractivity contribution is 0.0517. The lowest BCUT2D eigenvalue weighted by Gasteiger charge is -2.18. The normalized spacial score (nSPS) is 16.2. The van der Waals surface area contributed by atoms with Crippen molar-refractivity contribution >= 4 is 31.9 Å². The predicted molar refractivity (Wildman–Crippen MR) is 115 cm³/mol. The zero-order chi connectivity index (χ0) is 22.6. The molecule has 0 aromatic heterocycles. The third kappa shape index (κ3) is 4.78. The molecule has 3 rings (SSSR count). The molecular weight excluding hydrogens is 442 g/mol. The van der Waals surface area contributed by atoms with Gasteiger partial charge >= 0.3 is 5.97 Å². The Labute approximate surface area is 181 Å². The van der Waals surface area contributed by atoms with Crippen molar-refractivity contribution in [2.45, 2.75) is 23.6 Å². The zero-order valence-corrected chi connectivity index (χ0v) is 18.7. The Morgan fingerprint density at radius 1 is 1.06 bits per heavy atom. The van der Waals surface area contributed by atoms with Gasteiger partial charge in [0.1, 0.15) is 12.4 Å². The summed E-state index contributed by atoms with van der Waals surface area (Å²) in [5, 5.41) is 0. The molecule has 0 atom stereocenters. The molecule has 31 heavy (non-hydrogen) atoms. The van der Waals surface area contributed by atoms with Gasteiger partial charge in [-0.3, -0.25) is 9.71 Å². The van der Waals surface area contributed by atoms with Gasteiger partial charge in [-0.2, -0.15) is 4.31 Å². The molecule has 9 nitrogen and oxygen atoms in total. The van der Waals surface area contributed by atoms with Crippen LogP contribution in [0.2, 0.25) is 0 Å². The second-order valence-electron chi connectivity index (χ2n) is 6.58. The fourth-order valence-corrected chi connectivity index (χ4v) is 5.81. The molecule has 0 amide bonds. The predicted octanol–water partition coefficient (Wildman–Crippen LogP) is 1.61. The number of carbonyl (C=O) groups excluding carboxylic acids is 1. The fraction of sp³-hybridized carbons (Fsp3) is 0.300. The summed E-state index contributed by atoms with van der Waals surface area (Å²) in [5.41, 5.74) is 0.678. The van der Waals surface area contributed by atoms with Crippen LogP contribution < -0.4 is 4.72 Å². The number of carbonyl (C=O) groups is 1. The van der Waals surface area contributed by atoms with E-state index in [1.807, 2.05) is 0 Å². The molecule has 11 heteroatoms. The molecule has 1 N–H and O–H groups in total. The van der Waals surface area contributed by atoms with Crippen molar-refractivity contribution in [3.8, 4) is 0 Å². The first-order valence-electron chi connectivity index (χ1n) is 9.64. The molecule has 0 saturated heterocycles. The van der Waals surface area contributed by atoms with Crippen molar-refractivity contribution in [3.05, 3.63) is 59.7 Å². The summed E-state index contributed by atoms with van der Waals surface area (Å²) in [6.45, 7) is 4.21. The number of benzene rings is 2. The number of hydrogen-bond donors (Lipinski definition) is 1. The lowest BCUT2D eigenvalue weighted by atomic mass is 10.2. The van der Waals surface area contributed by atoms with E-state index in [1.165, 1.54) is 34.6 Å². The van der Waals surface area contributed by atoms with Crippen LogP contribution >= 0.6 is 0 Å². The minimum Gasteiger partial charge on any atom is -0.460 e. The van der Waals surface area contributed by atoms with Gasteiger partial charge < -0.3 is 4.74 Å². The van der Waals surface area contributed by atoms with Crippen LogP contribution in [0.3, 0.4) is 0 Å². The summed E-state index contributed by atoms with van der Waals surface area (Å²) in [7, 11) is -7.22. The van der Waals surface area contributed by atoms with Gasteiger partial charge in [-0.15, -0.1) is 0 Å². The minimum absolute atomic E-state index is 0.0619. The Kier molecular flexibility index (Phi) is 6.77. The highest BCUT2D eigenvalue weighted by Gasteiger charge is 2.30. The first-order valence-corrected chi connectivity index (χ1v) is 12.6. The van der Waals surface area contributed by atoms with Crippen LogP contribution in [0.25, 0.3) is 0 Å². The number of aliphatic imine (C=N–C) groups is 1. The zero-order valence-electron chi connectivity index (χ0n) is 17.1. The molecule has 0 fully saturated rings. The number of amidine groups is 1. The maximum absolute atomic E-state index is 12.5. The number of fused-ring (bicyclic) bond motifs is 1. The Bertz CT molecular complexity index is 1200. The van der Waals surface area contributed by atoms with Gasteiger partial charge in [0, 0.05) is 18.7 Å². The number of nitrogens with one attached hydrogen (secondary N) is 1. The van der Waals surface area contributed by atoms with Gasteiger partial charge in [0.15, 0.2) is 0 Å². The monoisotopic (exact) mass is 465 g/mol. The van der Waals surface area contributed by atoms with E-state index >= 15 is 0 Å². The summed E-state index contributed by atoms with van der Waals surface area (Å²) in [6.07, 6.45) is 0. The van der Waals surface area contributed by atoms with Crippen molar-refractivity contribution < 1.29 is 26.4 Å². The van der Waals surface area contributed by atoms with Crippen LogP contribution in [0, 0.1) is 0 Å². The molecule has 1 aliphatic heterocycles. The van der Waals surface area contributed by atoms with E-state index in [9.17, 15) is 21.6 Å². The SMILES string of the molecule is CCN(CC)S(=O)(=O)c1ccc(C(=O)OCCN=C2NS(=O)(=O)c3ccccc32)cc1. The van der Waals surface area contributed by atoms with Crippen molar-refractivity contribution in [2.75, 3.05) is 26.2 Å². The minimum atomic E-state index is -3.62. The highest BCUT2D eigenvalue weighted by molar-refractivity contribution is 7.90. The van der Waals surface area contributed by atoms with Crippen molar-refractivity contribution in [3.63, 3.8) is 0 Å². The number of rotatable bonds is 8. The summed E-state index contributed by atoms with van der Waals surface area (Å²) in [5.74, 6) is -0.419. The number of esters is 1. The van der Waals surface area contributed by atoms with E-state index in [0.717, 1.165) is 0 Å². The van der Waals surface area contributed by atoms with Gasteiger partial charge in [-0.1, -0.05) is 26.0 Å². The Hall–Kier alpha value is -2.76. The molecule has 2 aromatic rings. The van der Waals surface area contributed by atoms with Gasteiger partial charge in [0.05, 0.1) is 21.9 Å². The number of hydrogen-bond acceptors (Lipinski definition) is 7. The van der Waals surface area contributed by atoms with E-state index in [1.54, 1.807) is 32.0 Å². The highest BCUT2D eigenvalue weighted by Crippen LogP contribution is 2.22. The van der Waals surface area contributed by atoms with E-state index in [4.69, 9.17) is 4.74 Å². The average molecular weight is 466 g/mol. The third-order valence-corrected chi connectivity index (χ3v) is 8.15. The second-order valence-corrected chi connectivity index (χ2v) is 10.2. The van der Waals surface area contributed by atoms with Crippen LogP contribution in [0.1, 0.15) is 29.8 Å². The molecule has 2 aromatic carbocycles. The van der Waals surface area contributed by atoms with E-state index < -0.39 is 26.0 Å². The Balaban J connectivity index is 1.61. The molecule has 1 heterocycles. The molecule has 0 unspecified atom stereocenters. The van der Waals surface area contributed by atoms with Crippen molar-refractivity contribution in [1.29, 1.82) is 0 Å². The first kappa shape index (κ1) is 22.9. The molecule has 0 saturated carbocycles. The first-order chi connectivity index (χ1) is 14.7. The summed E-state index contributed by atoms with van der Waals surface area (Å²) >= 11 is 0. The third-order valence-electron chi connectivity index (χ3n) is 4.69. The van der Waals surface area contributed by atoms with E-state index in [0.29, 0.717) is 18.7 Å². The second kappa shape index (κ2) is 9.16. The Morgan fingerprint density at radius 3 is 2.35 bits per heavy atom. The van der Waals surface area contributed by atoms with E-state index in [2.05, 4.69) is 9.71 Å². The molecule has 0 radical (unpaired) electrons. The van der Waals surface area contributed by atoms with Crippen molar-refractivity contribution in [2.24, 2.45) is 4.99 Å². The maximum Gasteiger partial charge on any atom is 0.338 e. The average Bonchev–Trinajstić information content (AvgIpc) is 3.02. The highest BCUT2D eigenvalue weighted by atomic mass is 32.2. The topological polar surface area (TPSA) is 122 Å². The van der Waals surface area contributed by atoms with Crippen molar-refractivity contribution in [1.82, 2.24) is 9.03 Å². The van der Waals surface area contributed by atoms with E-state index in [-0.39, 0.29) is 34.3 Å². The molecular formula is C20H23N3O6S2. The molecule has 0 bridgehead atoms. The van der Waals surface area contributed by atoms with Gasteiger partial charge in [0.2, 0.25) is 10.0 Å². The number of ether oxygens (including phenoxy) is 1. The van der Waals surface area contributed by atoms with Crippen LogP contribution in [-0.4, -0.2) is 59.2 Å². The smallest absolute Gasteiger partial charge is 0.338 e. The summed E-state index contributed by atoms with van der Waals surface area (Å²) < 4.78 is 57.9. The maximum atomic E-state index is 12.5. The molecule has 0 spiro atoms. The molecule has 1 aliphatic rings. The Morgan fingerprint density at radius 2 is 1.71 bits per heavy atom. The quantitative estimate of drug-likeness (QED) is 0.467. The summed E-state index contributed by atoms with van der Waals surface area (Å²) in [6, 6.07) is 12.0. The van der Waals surface area contributed by atoms with Gasteiger partial charge in [0.25, 0.3) is 10.0 Å². The number of sulfonamides is 2.